The number of hydrogen-bond donors (Lipinski definition) is 0. The van der Waals surface area contributed by atoms with Crippen LogP contribution in [0, 0.1) is 32.5 Å². The predicted molar refractivity (Wildman–Crippen MR) is 87.7 cm³/mol. The third-order valence-corrected chi connectivity index (χ3v) is 11.2. The van der Waals surface area contributed by atoms with Gasteiger partial charge < -0.3 is 0 Å². The van der Waals surface area contributed by atoms with Crippen LogP contribution >= 0.6 is 0 Å². The summed E-state index contributed by atoms with van der Waals surface area (Å²) >= 11 is 1.64. The molecule has 0 nitrogen and oxygen atoms in total. The van der Waals surface area contributed by atoms with Crippen molar-refractivity contribution in [1.82, 2.24) is 0 Å². The van der Waals surface area contributed by atoms with Gasteiger partial charge in [0.1, 0.15) is 0 Å². The summed E-state index contributed by atoms with van der Waals surface area (Å²) < 4.78 is 1.63. The van der Waals surface area contributed by atoms with Crippen LogP contribution in [-0.4, -0.2) is 3.90 Å². The van der Waals surface area contributed by atoms with Gasteiger partial charge in [0.25, 0.3) is 0 Å². The second-order valence-electron chi connectivity index (χ2n) is 9.81. The summed E-state index contributed by atoms with van der Waals surface area (Å²) in [7, 11) is 0. The Morgan fingerprint density at radius 2 is 0.900 bits per heavy atom. The molecule has 1 saturated carbocycles. The molecular weight excluding hydrogens is 412 g/mol. The summed E-state index contributed by atoms with van der Waals surface area (Å²) in [5.74, 6) is 0. The molecule has 0 aromatic heterocycles. The van der Waals surface area contributed by atoms with Crippen LogP contribution in [0.2, 0.25) is 0 Å². The van der Waals surface area contributed by atoms with Crippen molar-refractivity contribution in [3.8, 4) is 0 Å². The Labute approximate surface area is 138 Å². The van der Waals surface area contributed by atoms with Gasteiger partial charge in [-0.25, -0.2) is 0 Å². The Bertz CT molecular complexity index is 407. The van der Waals surface area contributed by atoms with Crippen LogP contribution in [0.25, 0.3) is 0 Å². The average Bonchev–Trinajstić information content (AvgIpc) is 2.29. The van der Waals surface area contributed by atoms with E-state index in [-0.39, 0.29) is 21.7 Å². The van der Waals surface area contributed by atoms with E-state index in [1.165, 1.54) is 0 Å². The summed E-state index contributed by atoms with van der Waals surface area (Å²) in [5.41, 5.74) is 1.63. The van der Waals surface area contributed by atoms with E-state index < -0.39 is 0 Å². The maximum absolute atomic E-state index is 2.57. The Morgan fingerprint density at radius 1 is 0.650 bits per heavy atom. The van der Waals surface area contributed by atoms with Crippen molar-refractivity contribution in [3.05, 3.63) is 0 Å². The zero-order chi connectivity index (χ0) is 16.6. The molecule has 20 heavy (non-hydrogen) atoms. The fourth-order valence-electron chi connectivity index (χ4n) is 5.51. The first-order valence-corrected chi connectivity index (χ1v) is 9.42. The third kappa shape index (κ3) is 1.56. The van der Waals surface area contributed by atoms with Crippen molar-refractivity contribution in [2.75, 3.05) is 0 Å². The summed E-state index contributed by atoms with van der Waals surface area (Å²) in [6.45, 7) is 29.9. The molecule has 1 fully saturated rings. The second kappa shape index (κ2) is 4.30. The molecule has 0 aromatic rings. The molecule has 0 saturated heterocycles. The second-order valence-corrected chi connectivity index (χ2v) is 12.0. The summed E-state index contributed by atoms with van der Waals surface area (Å²) in [5, 5.41) is 0. The van der Waals surface area contributed by atoms with Crippen LogP contribution in [0.4, 0.5) is 0 Å². The molecule has 1 heteroatoms. The van der Waals surface area contributed by atoms with Gasteiger partial charge in [0, 0.05) is 0 Å². The summed E-state index contributed by atoms with van der Waals surface area (Å²) in [6.07, 6.45) is 0. The van der Waals surface area contributed by atoms with Crippen LogP contribution < -0.4 is 0 Å². The van der Waals surface area contributed by atoms with Crippen LogP contribution in [0.5, 0.6) is 0 Å². The van der Waals surface area contributed by atoms with Gasteiger partial charge in [0.05, 0.1) is 0 Å². The standard InChI is InChI=1S/C19H36.W/c1-13-14(2,3)19(12)17(8,9)15(4,5)16(6,7)18(19,10)11;/h1-12H3;. The molecule has 1 aliphatic carbocycles. The molecule has 0 amide bonds. The van der Waals surface area contributed by atoms with E-state index in [4.69, 9.17) is 0 Å². The molecule has 0 unspecified atom stereocenters. The molecule has 1 rings (SSSR count). The van der Waals surface area contributed by atoms with E-state index in [0.717, 1.165) is 0 Å². The molecule has 0 aliphatic heterocycles. The molecule has 118 valence electrons. The molecule has 0 heterocycles. The fourth-order valence-corrected chi connectivity index (χ4v) is 6.24. The fraction of sp³-hybridized carbons (Fsp3) is 0.947. The quantitative estimate of drug-likeness (QED) is 0.495. The minimum absolute atomic E-state index is 0.250. The van der Waals surface area contributed by atoms with Crippen LogP contribution in [0.15, 0.2) is 0 Å². The van der Waals surface area contributed by atoms with Crippen molar-refractivity contribution >= 4 is 3.90 Å². The maximum atomic E-state index is 2.57. The third-order valence-electron chi connectivity index (χ3n) is 9.32. The molecule has 0 atom stereocenters. The first kappa shape index (κ1) is 18.6. The van der Waals surface area contributed by atoms with Gasteiger partial charge in [-0.15, -0.1) is 0 Å². The number of rotatable bonds is 2. The zero-order valence-electron chi connectivity index (χ0n) is 15.9. The van der Waals surface area contributed by atoms with Crippen LogP contribution in [0.1, 0.15) is 83.1 Å². The Hall–Kier alpha value is 0.558. The van der Waals surface area contributed by atoms with E-state index >= 15 is 0 Å². The molecule has 0 radical (unpaired) electrons. The predicted octanol–water partition coefficient (Wildman–Crippen LogP) is 5.88. The van der Waals surface area contributed by atoms with E-state index in [1.807, 2.05) is 0 Å². The monoisotopic (exact) mass is 448 g/mol. The first-order valence-electron chi connectivity index (χ1n) is 7.95. The van der Waals surface area contributed by atoms with Gasteiger partial charge in [-0.05, 0) is 0 Å². The Kier molecular flexibility index (Phi) is 4.00. The molecule has 1 aliphatic rings. The van der Waals surface area contributed by atoms with Crippen molar-refractivity contribution in [3.63, 3.8) is 0 Å². The van der Waals surface area contributed by atoms with E-state index in [9.17, 15) is 0 Å². The van der Waals surface area contributed by atoms with Crippen molar-refractivity contribution in [1.29, 1.82) is 0 Å². The van der Waals surface area contributed by atoms with Crippen LogP contribution in [0.3, 0.4) is 0 Å². The van der Waals surface area contributed by atoms with Crippen LogP contribution in [-0.2, 0) is 19.4 Å². The molecular formula is C19H36W. The number of hydrogen-bond acceptors (Lipinski definition) is 0. The molecule has 0 bridgehead atoms. The van der Waals surface area contributed by atoms with Crippen molar-refractivity contribution in [2.45, 2.75) is 83.1 Å². The molecule has 0 N–H and O–H groups in total. The van der Waals surface area contributed by atoms with Crippen molar-refractivity contribution in [2.24, 2.45) is 32.5 Å². The summed E-state index contributed by atoms with van der Waals surface area (Å²) in [6, 6.07) is 0. The van der Waals surface area contributed by atoms with Gasteiger partial charge in [-0.3, -0.25) is 0 Å². The summed E-state index contributed by atoms with van der Waals surface area (Å²) in [4.78, 5) is 0. The van der Waals surface area contributed by atoms with E-state index in [1.54, 1.807) is 23.3 Å². The first-order chi connectivity index (χ1) is 8.44. The molecule has 0 aromatic carbocycles. The Morgan fingerprint density at radius 3 is 1.10 bits per heavy atom. The minimum atomic E-state index is 0.250. The van der Waals surface area contributed by atoms with E-state index in [2.05, 4.69) is 83.1 Å². The Balaban J connectivity index is 3.83. The van der Waals surface area contributed by atoms with Gasteiger partial charge >= 0.3 is 139 Å². The van der Waals surface area contributed by atoms with Gasteiger partial charge in [0.15, 0.2) is 0 Å². The van der Waals surface area contributed by atoms with Gasteiger partial charge in [-0.1, -0.05) is 0 Å². The molecule has 0 spiro atoms. The van der Waals surface area contributed by atoms with E-state index in [0.29, 0.717) is 10.8 Å². The van der Waals surface area contributed by atoms with Gasteiger partial charge in [0.2, 0.25) is 0 Å². The average molecular weight is 448 g/mol. The topological polar surface area (TPSA) is 0 Å². The van der Waals surface area contributed by atoms with Gasteiger partial charge in [-0.2, -0.15) is 0 Å². The van der Waals surface area contributed by atoms with Crippen molar-refractivity contribution < 1.29 is 19.4 Å². The normalized spacial score (nSPS) is 29.2. The SMILES string of the molecule is C[C](=[W])C(C)(C)C1(C)C(C)(C)C(C)(C)C(C)(C)C1(C)C. The zero-order valence-corrected chi connectivity index (χ0v) is 18.8.